The number of carboxylic acid groups (broad SMARTS) is 1. The van der Waals surface area contributed by atoms with Crippen LogP contribution in [0.5, 0.6) is 5.75 Å². The van der Waals surface area contributed by atoms with Crippen molar-refractivity contribution < 1.29 is 19.6 Å². The minimum absolute atomic E-state index is 0.0541. The van der Waals surface area contributed by atoms with Crippen molar-refractivity contribution in [2.75, 3.05) is 0 Å². The van der Waals surface area contributed by atoms with Gasteiger partial charge in [-0.2, -0.15) is 0 Å². The van der Waals surface area contributed by atoms with E-state index in [2.05, 4.69) is 0 Å². The Balaban J connectivity index is 2.48. The van der Waals surface area contributed by atoms with E-state index >= 15 is 0 Å². The van der Waals surface area contributed by atoms with Gasteiger partial charge in [0.2, 0.25) is 0 Å². The summed E-state index contributed by atoms with van der Waals surface area (Å²) in [6.45, 7) is 0. The molecule has 0 amide bonds. The molecule has 78 valence electrons. The van der Waals surface area contributed by atoms with Gasteiger partial charge in [0.05, 0.1) is 11.5 Å². The number of aromatic carboxylic acids is 1. The van der Waals surface area contributed by atoms with E-state index in [1.165, 1.54) is 6.07 Å². The number of fused-ring (bicyclic) bond motifs is 1. The van der Waals surface area contributed by atoms with E-state index in [4.69, 9.17) is 15.5 Å². The lowest BCUT2D eigenvalue weighted by Crippen LogP contribution is -2.48. The molecule has 0 saturated heterocycles. The fourth-order valence-corrected chi connectivity index (χ4v) is 1.62. The molecule has 15 heavy (non-hydrogen) atoms. The van der Waals surface area contributed by atoms with Gasteiger partial charge < -0.3 is 20.5 Å². The van der Waals surface area contributed by atoms with Gasteiger partial charge in [-0.05, 0) is 18.1 Å². The predicted molar refractivity (Wildman–Crippen MR) is 53.7 cm³/mol. The van der Waals surface area contributed by atoms with Crippen LogP contribution < -0.4 is 10.4 Å². The Labute approximate surface area is 86.6 Å². The molecule has 1 aromatic rings. The van der Waals surface area contributed by atoms with Crippen molar-refractivity contribution >= 4 is 13.1 Å². The summed E-state index contributed by atoms with van der Waals surface area (Å²) < 4.78 is 5.09. The zero-order valence-electron chi connectivity index (χ0n) is 7.88. The molecule has 0 saturated carbocycles. The van der Waals surface area contributed by atoms with Gasteiger partial charge in [-0.15, -0.1) is 0 Å². The molecule has 0 fully saturated rings. The number of para-hydroxylation sites is 1. The van der Waals surface area contributed by atoms with E-state index < -0.39 is 19.0 Å². The number of nitrogens with two attached hydrogens (primary N) is 1. The molecule has 1 heterocycles. The van der Waals surface area contributed by atoms with Crippen LogP contribution in [0.2, 0.25) is 0 Å². The summed E-state index contributed by atoms with van der Waals surface area (Å²) in [5.41, 5.74) is 6.37. The van der Waals surface area contributed by atoms with E-state index in [0.717, 1.165) is 0 Å². The number of carbonyl (C=O) groups is 1. The van der Waals surface area contributed by atoms with Gasteiger partial charge in [-0.1, -0.05) is 12.1 Å². The summed E-state index contributed by atoms with van der Waals surface area (Å²) in [7, 11) is -1.14. The van der Waals surface area contributed by atoms with Crippen LogP contribution >= 0.6 is 0 Å². The maximum Gasteiger partial charge on any atom is 0.540 e. The van der Waals surface area contributed by atoms with E-state index in [9.17, 15) is 9.82 Å². The highest BCUT2D eigenvalue weighted by Gasteiger charge is 2.33. The minimum atomic E-state index is -1.14. The number of benzene rings is 1. The maximum absolute atomic E-state index is 10.9. The molecule has 1 aromatic carbocycles. The molecule has 5 nitrogen and oxygen atoms in total. The monoisotopic (exact) mass is 207 g/mol. The summed E-state index contributed by atoms with van der Waals surface area (Å²) in [5, 5.41) is 18.3. The van der Waals surface area contributed by atoms with Crippen molar-refractivity contribution in [1.82, 2.24) is 0 Å². The normalized spacial score (nSPS) is 19.3. The first-order valence-electron chi connectivity index (χ1n) is 4.55. The molecule has 6 heteroatoms. The smallest absolute Gasteiger partial charge is 0.534 e. The van der Waals surface area contributed by atoms with E-state index in [0.29, 0.717) is 12.0 Å². The van der Waals surface area contributed by atoms with E-state index in [-0.39, 0.29) is 11.3 Å². The van der Waals surface area contributed by atoms with Crippen molar-refractivity contribution in [1.29, 1.82) is 0 Å². The molecule has 0 aliphatic carbocycles. The highest BCUT2D eigenvalue weighted by Crippen LogP contribution is 2.29. The molecule has 1 atom stereocenters. The third-order valence-corrected chi connectivity index (χ3v) is 2.39. The number of rotatable bonds is 1. The quantitative estimate of drug-likeness (QED) is 0.548. The Morgan fingerprint density at radius 2 is 2.33 bits per heavy atom. The van der Waals surface area contributed by atoms with Crippen molar-refractivity contribution in [2.24, 2.45) is 5.73 Å². The van der Waals surface area contributed by atoms with E-state index in [1.807, 2.05) is 0 Å². The molecule has 4 N–H and O–H groups in total. The lowest BCUT2D eigenvalue weighted by Gasteiger charge is -2.25. The molecule has 1 aliphatic heterocycles. The van der Waals surface area contributed by atoms with Gasteiger partial charge in [-0.25, -0.2) is 4.79 Å². The zero-order valence-corrected chi connectivity index (χ0v) is 7.88. The molecule has 0 aromatic heterocycles. The second kappa shape index (κ2) is 3.56. The van der Waals surface area contributed by atoms with Crippen LogP contribution in [0.4, 0.5) is 0 Å². The molecule has 0 unspecified atom stereocenters. The fourth-order valence-electron chi connectivity index (χ4n) is 1.62. The van der Waals surface area contributed by atoms with Crippen LogP contribution in [-0.4, -0.2) is 29.2 Å². The second-order valence-corrected chi connectivity index (χ2v) is 3.48. The highest BCUT2D eigenvalue weighted by atomic mass is 16.5. The Morgan fingerprint density at radius 1 is 1.60 bits per heavy atom. The second-order valence-electron chi connectivity index (χ2n) is 3.48. The highest BCUT2D eigenvalue weighted by molar-refractivity contribution is 6.46. The number of hydrogen-bond acceptors (Lipinski definition) is 4. The third-order valence-electron chi connectivity index (χ3n) is 2.39. The summed E-state index contributed by atoms with van der Waals surface area (Å²) in [6.07, 6.45) is 0.414. The average molecular weight is 207 g/mol. The summed E-state index contributed by atoms with van der Waals surface area (Å²) >= 11 is 0. The van der Waals surface area contributed by atoms with Crippen LogP contribution in [0.25, 0.3) is 0 Å². The minimum Gasteiger partial charge on any atom is -0.534 e. The lowest BCUT2D eigenvalue weighted by molar-refractivity contribution is 0.0694. The van der Waals surface area contributed by atoms with E-state index in [1.54, 1.807) is 12.1 Å². The standard InChI is InChI=1S/C9H10BNO4/c11-7-4-5-2-1-3-6(9(12)13)8(5)15-10(7)14/h1-3,7,14H,4,11H2,(H,12,13)/t7-/m1/s1. The third kappa shape index (κ3) is 1.69. The van der Waals surface area contributed by atoms with Crippen molar-refractivity contribution in [3.8, 4) is 5.75 Å². The predicted octanol–water partition coefficient (Wildman–Crippen LogP) is -0.333. The largest absolute Gasteiger partial charge is 0.540 e. The van der Waals surface area contributed by atoms with Crippen molar-refractivity contribution in [3.63, 3.8) is 0 Å². The van der Waals surface area contributed by atoms with Gasteiger partial charge in [0.25, 0.3) is 0 Å². The SMILES string of the molecule is N[C@@H]1Cc2cccc(C(=O)O)c2OB1O. The van der Waals surface area contributed by atoms with Gasteiger partial charge in [-0.3, -0.25) is 0 Å². The summed E-state index contributed by atoms with van der Waals surface area (Å²) in [6, 6.07) is 4.81. The molecule has 1 aliphatic rings. The summed E-state index contributed by atoms with van der Waals surface area (Å²) in [4.78, 5) is 10.9. The van der Waals surface area contributed by atoms with Crippen LogP contribution in [0.15, 0.2) is 18.2 Å². The van der Waals surface area contributed by atoms with Crippen LogP contribution in [0, 0.1) is 0 Å². The number of hydrogen-bond donors (Lipinski definition) is 3. The van der Waals surface area contributed by atoms with Gasteiger partial charge in [0.1, 0.15) is 5.75 Å². The molecular weight excluding hydrogens is 197 g/mol. The Hall–Kier alpha value is -1.53. The average Bonchev–Trinajstić information content (AvgIpc) is 2.18. The first-order valence-corrected chi connectivity index (χ1v) is 4.55. The Morgan fingerprint density at radius 3 is 3.00 bits per heavy atom. The van der Waals surface area contributed by atoms with Gasteiger partial charge in [0.15, 0.2) is 0 Å². The molecule has 0 bridgehead atoms. The van der Waals surface area contributed by atoms with Crippen LogP contribution in [-0.2, 0) is 6.42 Å². The summed E-state index contributed by atoms with van der Waals surface area (Å²) in [5.74, 6) is -1.37. The topological polar surface area (TPSA) is 92.8 Å². The Bertz CT molecular complexity index is 409. The Kier molecular flexibility index (Phi) is 2.38. The molecule has 0 radical (unpaired) electrons. The number of carboxylic acids is 1. The van der Waals surface area contributed by atoms with Crippen molar-refractivity contribution in [2.45, 2.75) is 12.4 Å². The fraction of sp³-hybridized carbons (Fsp3) is 0.222. The zero-order chi connectivity index (χ0) is 11.0. The maximum atomic E-state index is 10.9. The van der Waals surface area contributed by atoms with Crippen molar-refractivity contribution in [3.05, 3.63) is 29.3 Å². The molecular formula is C9H10BNO4. The van der Waals surface area contributed by atoms with Gasteiger partial charge in [0, 0.05) is 0 Å². The van der Waals surface area contributed by atoms with Gasteiger partial charge >= 0.3 is 13.1 Å². The lowest BCUT2D eigenvalue weighted by atomic mass is 9.73. The molecule has 0 spiro atoms. The first kappa shape index (κ1) is 10.0. The van der Waals surface area contributed by atoms with Crippen LogP contribution in [0.3, 0.4) is 0 Å². The first-order chi connectivity index (χ1) is 7.09. The molecule has 2 rings (SSSR count). The van der Waals surface area contributed by atoms with Crippen LogP contribution in [0.1, 0.15) is 15.9 Å².